The van der Waals surface area contributed by atoms with E-state index in [-0.39, 0.29) is 30.2 Å². The number of nitrogens with zero attached hydrogens (tertiary/aromatic N) is 6. The maximum atomic E-state index is 13.2. The lowest BCUT2D eigenvalue weighted by Crippen LogP contribution is -2.26. The van der Waals surface area contributed by atoms with Crippen molar-refractivity contribution in [1.29, 1.82) is 0 Å². The molecule has 1 aliphatic heterocycles. The summed E-state index contributed by atoms with van der Waals surface area (Å²) in [5, 5.41) is 5.34. The lowest BCUT2D eigenvalue weighted by Gasteiger charge is -2.16. The Balaban J connectivity index is 1.10. The SMILES string of the molecule is CCn1c2ccccc2c2cc(-c3nc4cc5[nH]c(=O)c(CCC(=O)NCc6ccc(N(C)C)cc6)nc5cc4n3CCCN3CCCC3=O)ccc21. The highest BCUT2D eigenvalue weighted by Gasteiger charge is 2.21. The smallest absolute Gasteiger partial charge is 0.270 e. The van der Waals surface area contributed by atoms with Crippen molar-refractivity contribution in [3.63, 3.8) is 0 Å². The fourth-order valence-electron chi connectivity index (χ4n) is 7.69. The maximum Gasteiger partial charge on any atom is 0.270 e. The number of imidazole rings is 1. The van der Waals surface area contributed by atoms with Gasteiger partial charge in [0.15, 0.2) is 0 Å². The number of aryl methyl sites for hydroxylation is 3. The zero-order chi connectivity index (χ0) is 36.6. The molecule has 0 spiro atoms. The number of carbonyl (C=O) groups excluding carboxylic acids is 2. The van der Waals surface area contributed by atoms with E-state index < -0.39 is 0 Å². The van der Waals surface area contributed by atoms with E-state index in [1.807, 2.05) is 60.3 Å². The maximum absolute atomic E-state index is 13.2. The molecule has 8 rings (SSSR count). The number of hydrogen-bond acceptors (Lipinski definition) is 6. The minimum absolute atomic E-state index is 0.142. The molecule has 7 aromatic rings. The molecule has 1 fully saturated rings. The molecule has 53 heavy (non-hydrogen) atoms. The summed E-state index contributed by atoms with van der Waals surface area (Å²) in [4.78, 5) is 55.3. The van der Waals surface area contributed by atoms with E-state index in [0.717, 1.165) is 59.6 Å². The fourth-order valence-corrected chi connectivity index (χ4v) is 7.69. The van der Waals surface area contributed by atoms with Crippen LogP contribution in [0, 0.1) is 0 Å². The van der Waals surface area contributed by atoms with Crippen LogP contribution in [0.1, 0.15) is 43.9 Å². The summed E-state index contributed by atoms with van der Waals surface area (Å²) >= 11 is 0. The van der Waals surface area contributed by atoms with Crippen LogP contribution >= 0.6 is 0 Å². The molecule has 0 aliphatic carbocycles. The van der Waals surface area contributed by atoms with Crippen molar-refractivity contribution in [2.24, 2.45) is 0 Å². The minimum atomic E-state index is -0.309. The predicted molar refractivity (Wildman–Crippen MR) is 211 cm³/mol. The Bertz CT molecular complexity index is 2560. The monoisotopic (exact) mass is 708 g/mol. The van der Waals surface area contributed by atoms with E-state index in [0.29, 0.717) is 42.8 Å². The van der Waals surface area contributed by atoms with Gasteiger partial charge in [-0.15, -0.1) is 0 Å². The van der Waals surface area contributed by atoms with Gasteiger partial charge in [0.25, 0.3) is 5.56 Å². The second-order valence-electron chi connectivity index (χ2n) is 14.1. The topological polar surface area (TPSA) is 121 Å². The molecule has 2 N–H and O–H groups in total. The zero-order valence-electron chi connectivity index (χ0n) is 30.5. The van der Waals surface area contributed by atoms with Gasteiger partial charge in [0.2, 0.25) is 11.8 Å². The second-order valence-corrected chi connectivity index (χ2v) is 14.1. The molecule has 0 saturated carbocycles. The third-order valence-corrected chi connectivity index (χ3v) is 10.5. The number of aromatic nitrogens is 5. The summed E-state index contributed by atoms with van der Waals surface area (Å²) in [5.41, 5.74) is 8.38. The molecule has 0 unspecified atom stereocenters. The molecule has 4 aromatic carbocycles. The van der Waals surface area contributed by atoms with Crippen LogP contribution in [0.5, 0.6) is 0 Å². The van der Waals surface area contributed by atoms with Crippen LogP contribution in [0.4, 0.5) is 5.69 Å². The largest absolute Gasteiger partial charge is 0.378 e. The lowest BCUT2D eigenvalue weighted by atomic mass is 10.1. The van der Waals surface area contributed by atoms with E-state index in [9.17, 15) is 14.4 Å². The molecule has 1 saturated heterocycles. The number of nitrogens with one attached hydrogen (secondary N) is 2. The van der Waals surface area contributed by atoms with Gasteiger partial charge in [-0.05, 0) is 73.9 Å². The van der Waals surface area contributed by atoms with E-state index in [1.54, 1.807) is 0 Å². The molecule has 0 atom stereocenters. The first-order valence-electron chi connectivity index (χ1n) is 18.5. The molecule has 3 aromatic heterocycles. The number of amides is 2. The summed E-state index contributed by atoms with van der Waals surface area (Å²) in [5.74, 6) is 0.906. The van der Waals surface area contributed by atoms with Gasteiger partial charge >= 0.3 is 0 Å². The minimum Gasteiger partial charge on any atom is -0.378 e. The number of anilines is 1. The normalized spacial score (nSPS) is 13.3. The molecular weight excluding hydrogens is 665 g/mol. The molecule has 1 aliphatic rings. The number of para-hydroxylation sites is 1. The van der Waals surface area contributed by atoms with Crippen molar-refractivity contribution >= 4 is 61.4 Å². The van der Waals surface area contributed by atoms with Crippen molar-refractivity contribution in [2.75, 3.05) is 32.1 Å². The lowest BCUT2D eigenvalue weighted by molar-refractivity contribution is -0.127. The van der Waals surface area contributed by atoms with E-state index in [4.69, 9.17) is 9.97 Å². The summed E-state index contributed by atoms with van der Waals surface area (Å²) in [6.07, 6.45) is 2.67. The Kier molecular flexibility index (Phi) is 9.16. The van der Waals surface area contributed by atoms with Gasteiger partial charge in [-0.3, -0.25) is 14.4 Å². The second kappa shape index (κ2) is 14.2. The van der Waals surface area contributed by atoms with E-state index >= 15 is 0 Å². The Labute approximate surface area is 307 Å². The number of H-pyrrole nitrogens is 1. The first kappa shape index (κ1) is 34.1. The molecule has 4 heterocycles. The number of benzene rings is 4. The van der Waals surface area contributed by atoms with Crippen LogP contribution < -0.4 is 15.8 Å². The van der Waals surface area contributed by atoms with Crippen LogP contribution in [-0.4, -0.2) is 68.0 Å². The van der Waals surface area contributed by atoms with Crippen molar-refractivity contribution in [3.8, 4) is 11.4 Å². The summed E-state index contributed by atoms with van der Waals surface area (Å²) < 4.78 is 4.56. The number of carbonyl (C=O) groups is 2. The molecule has 2 amide bonds. The Hall–Kier alpha value is -5.97. The predicted octanol–water partition coefficient (Wildman–Crippen LogP) is 6.40. The first-order valence-corrected chi connectivity index (χ1v) is 18.5. The molecule has 11 nitrogen and oxygen atoms in total. The Morgan fingerprint density at radius 2 is 1.68 bits per heavy atom. The molecule has 270 valence electrons. The summed E-state index contributed by atoms with van der Waals surface area (Å²) in [6.45, 7) is 5.60. The van der Waals surface area contributed by atoms with Crippen molar-refractivity contribution < 1.29 is 9.59 Å². The number of aromatic amines is 1. The number of rotatable bonds is 12. The van der Waals surface area contributed by atoms with Gasteiger partial charge in [-0.1, -0.05) is 30.3 Å². The molecular formula is C42H44N8O3. The highest BCUT2D eigenvalue weighted by atomic mass is 16.2. The number of hydrogen-bond donors (Lipinski definition) is 2. The van der Waals surface area contributed by atoms with Gasteiger partial charge in [0.05, 0.1) is 22.1 Å². The van der Waals surface area contributed by atoms with Gasteiger partial charge in [-0.2, -0.15) is 0 Å². The number of likely N-dealkylation sites (tertiary alicyclic amines) is 1. The molecule has 0 radical (unpaired) electrons. The third kappa shape index (κ3) is 6.63. The molecule has 11 heteroatoms. The first-order chi connectivity index (χ1) is 25.8. The van der Waals surface area contributed by atoms with Crippen LogP contribution in [-0.2, 0) is 35.6 Å². The average molecular weight is 709 g/mol. The van der Waals surface area contributed by atoms with Gasteiger partial charge in [0, 0.05) is 99.1 Å². The van der Waals surface area contributed by atoms with Crippen LogP contribution in [0.15, 0.2) is 83.7 Å². The quantitative estimate of drug-likeness (QED) is 0.152. The van der Waals surface area contributed by atoms with Crippen LogP contribution in [0.25, 0.3) is 55.3 Å². The molecule has 0 bridgehead atoms. The van der Waals surface area contributed by atoms with Gasteiger partial charge in [0.1, 0.15) is 11.5 Å². The van der Waals surface area contributed by atoms with Crippen molar-refractivity contribution in [2.45, 2.75) is 58.7 Å². The summed E-state index contributed by atoms with van der Waals surface area (Å²) in [7, 11) is 3.98. The third-order valence-electron chi connectivity index (χ3n) is 10.5. The van der Waals surface area contributed by atoms with Gasteiger partial charge < -0.3 is 29.2 Å². The highest BCUT2D eigenvalue weighted by molar-refractivity contribution is 6.09. The van der Waals surface area contributed by atoms with Gasteiger partial charge in [-0.25, -0.2) is 9.97 Å². The van der Waals surface area contributed by atoms with E-state index in [2.05, 4.69) is 68.8 Å². The van der Waals surface area contributed by atoms with Crippen LogP contribution in [0.2, 0.25) is 0 Å². The standard InChI is InChI=1S/C42H44N8O3/c1-4-49-36-10-6-5-9-30(36)31-23-28(14-18-37(31)49)41-45-35-24-33-34(25-38(35)50(41)22-8-21-48-20-7-11-40(48)52)44-32(42(53)46-33)17-19-39(51)43-26-27-12-15-29(16-13-27)47(2)3/h5-6,9-10,12-16,18,23-25H,4,7-8,11,17,19-22,26H2,1-3H3,(H,43,51)(H,46,53). The van der Waals surface area contributed by atoms with Crippen LogP contribution in [0.3, 0.4) is 0 Å². The van der Waals surface area contributed by atoms with Crippen molar-refractivity contribution in [3.05, 3.63) is 100 Å². The van der Waals surface area contributed by atoms with E-state index in [1.165, 1.54) is 21.8 Å². The average Bonchev–Trinajstić information content (AvgIpc) is 3.84. The summed E-state index contributed by atoms with van der Waals surface area (Å²) in [6, 6.07) is 26.9. The Morgan fingerprint density at radius 3 is 2.45 bits per heavy atom. The fraction of sp³-hybridized carbons (Fsp3) is 0.310. The number of fused-ring (bicyclic) bond motifs is 5. The highest BCUT2D eigenvalue weighted by Crippen LogP contribution is 2.34. The van der Waals surface area contributed by atoms with Crippen molar-refractivity contribution in [1.82, 2.24) is 34.3 Å². The zero-order valence-corrected chi connectivity index (χ0v) is 30.5. The Morgan fingerprint density at radius 1 is 0.868 bits per heavy atom.